The molecule has 0 radical (unpaired) electrons. The van der Waals surface area contributed by atoms with Crippen molar-refractivity contribution in [2.45, 2.75) is 6.92 Å². The van der Waals surface area contributed by atoms with Crippen molar-refractivity contribution in [2.24, 2.45) is 0 Å². The van der Waals surface area contributed by atoms with Crippen molar-refractivity contribution >= 4 is 23.2 Å². The van der Waals surface area contributed by atoms with Gasteiger partial charge in [0.1, 0.15) is 0 Å². The Bertz CT molecular complexity index is 355. The number of halogens is 2. The Hall–Kier alpha value is -0.970. The molecule has 0 aromatic heterocycles. The van der Waals surface area contributed by atoms with Crippen molar-refractivity contribution < 1.29 is 8.78 Å². The van der Waals surface area contributed by atoms with E-state index in [1.165, 1.54) is 6.92 Å². The summed E-state index contributed by atoms with van der Waals surface area (Å²) in [5.41, 5.74) is -0.604. The maximum absolute atomic E-state index is 13.1. The second kappa shape index (κ2) is 3.41. The Balaban J connectivity index is 3.35. The summed E-state index contributed by atoms with van der Waals surface area (Å²) in [5, 5.41) is 14.7. The maximum Gasteiger partial charge on any atom is 0.174 e. The average molecular weight is 202 g/mol. The first kappa shape index (κ1) is 10.1. The zero-order valence-corrected chi connectivity index (χ0v) is 7.98. The van der Waals surface area contributed by atoms with Crippen LogP contribution in [0, 0.1) is 10.8 Å². The number of hydrogen-bond acceptors (Lipinski definition) is 3. The molecule has 0 bridgehead atoms. The quantitative estimate of drug-likeness (QED) is 0.631. The first-order chi connectivity index (χ1) is 6.00. The fourth-order valence-corrected chi connectivity index (χ4v) is 1.55. The Labute approximate surface area is 78.7 Å². The lowest BCUT2D eigenvalue weighted by molar-refractivity contribution is 0.539. The van der Waals surface area contributed by atoms with Gasteiger partial charge in [-0.15, -0.1) is 11.8 Å². The van der Waals surface area contributed by atoms with Gasteiger partial charge in [-0.2, -0.15) is 0 Å². The van der Waals surface area contributed by atoms with Gasteiger partial charge in [-0.05, 0) is 13.2 Å². The molecule has 0 amide bonds. The van der Waals surface area contributed by atoms with E-state index in [1.807, 2.05) is 0 Å². The van der Waals surface area contributed by atoms with Crippen LogP contribution in [0.25, 0.3) is 0 Å². The fraction of sp³-hybridized carbons (Fsp3) is 0.250. The molecular formula is C8H8F2N2S. The van der Waals surface area contributed by atoms with E-state index in [9.17, 15) is 8.78 Å². The standard InChI is InChI=1S/C8H8F2N2S/c1-3-4(9)5(10)8(13-2)7(12)6(3)11/h11-12H,1-2H3. The Morgan fingerprint density at radius 3 is 2.08 bits per heavy atom. The second-order valence-corrected chi connectivity index (χ2v) is 3.35. The van der Waals surface area contributed by atoms with Crippen molar-refractivity contribution in [3.05, 3.63) is 22.1 Å². The highest BCUT2D eigenvalue weighted by molar-refractivity contribution is 8.03. The lowest BCUT2D eigenvalue weighted by atomic mass is 10.0. The monoisotopic (exact) mass is 202 g/mol. The van der Waals surface area contributed by atoms with Gasteiger partial charge in [0.25, 0.3) is 0 Å². The van der Waals surface area contributed by atoms with Crippen LogP contribution in [0.5, 0.6) is 0 Å². The zero-order valence-electron chi connectivity index (χ0n) is 7.16. The molecule has 0 aliphatic heterocycles. The summed E-state index contributed by atoms with van der Waals surface area (Å²) in [6, 6.07) is 0. The average Bonchev–Trinajstić information content (AvgIpc) is 2.13. The highest BCUT2D eigenvalue weighted by Gasteiger charge is 2.27. The molecule has 0 spiro atoms. The summed E-state index contributed by atoms with van der Waals surface area (Å²) in [4.78, 5) is -0.104. The van der Waals surface area contributed by atoms with Crippen molar-refractivity contribution in [1.29, 1.82) is 10.8 Å². The van der Waals surface area contributed by atoms with E-state index >= 15 is 0 Å². The van der Waals surface area contributed by atoms with E-state index in [4.69, 9.17) is 10.8 Å². The van der Waals surface area contributed by atoms with Crippen LogP contribution in [0.15, 0.2) is 22.1 Å². The zero-order chi connectivity index (χ0) is 10.2. The highest BCUT2D eigenvalue weighted by atomic mass is 32.2. The Morgan fingerprint density at radius 1 is 1.08 bits per heavy atom. The molecule has 1 aliphatic rings. The van der Waals surface area contributed by atoms with Gasteiger partial charge in [0.15, 0.2) is 11.7 Å². The molecule has 0 saturated carbocycles. The number of allylic oxidation sites excluding steroid dienone is 4. The van der Waals surface area contributed by atoms with Crippen LogP contribution in [-0.2, 0) is 0 Å². The molecule has 5 heteroatoms. The maximum atomic E-state index is 13.1. The van der Waals surface area contributed by atoms with E-state index in [0.717, 1.165) is 11.8 Å². The van der Waals surface area contributed by atoms with Gasteiger partial charge >= 0.3 is 0 Å². The van der Waals surface area contributed by atoms with Crippen molar-refractivity contribution in [2.75, 3.05) is 6.26 Å². The van der Waals surface area contributed by atoms with Crippen molar-refractivity contribution in [3.63, 3.8) is 0 Å². The smallest absolute Gasteiger partial charge is 0.174 e. The van der Waals surface area contributed by atoms with Gasteiger partial charge in [-0.3, -0.25) is 10.8 Å². The molecule has 1 rings (SSSR count). The minimum absolute atomic E-state index is 0.104. The lowest BCUT2D eigenvalue weighted by Gasteiger charge is -2.15. The number of thioether (sulfide) groups is 1. The van der Waals surface area contributed by atoms with E-state index < -0.39 is 11.7 Å². The van der Waals surface area contributed by atoms with E-state index in [-0.39, 0.29) is 21.9 Å². The van der Waals surface area contributed by atoms with Crippen LogP contribution in [-0.4, -0.2) is 17.7 Å². The Kier molecular flexibility index (Phi) is 2.66. The Morgan fingerprint density at radius 2 is 1.62 bits per heavy atom. The van der Waals surface area contributed by atoms with Gasteiger partial charge in [-0.25, -0.2) is 8.78 Å². The molecule has 0 fully saturated rings. The topological polar surface area (TPSA) is 47.7 Å². The molecule has 0 heterocycles. The predicted molar refractivity (Wildman–Crippen MR) is 50.9 cm³/mol. The second-order valence-electron chi connectivity index (χ2n) is 2.54. The van der Waals surface area contributed by atoms with E-state index in [2.05, 4.69) is 0 Å². The van der Waals surface area contributed by atoms with Crippen LogP contribution in [0.2, 0.25) is 0 Å². The summed E-state index contributed by atoms with van der Waals surface area (Å²) < 4.78 is 26.1. The molecule has 0 unspecified atom stereocenters. The van der Waals surface area contributed by atoms with Gasteiger partial charge in [-0.1, -0.05) is 0 Å². The summed E-state index contributed by atoms with van der Waals surface area (Å²) >= 11 is 0.937. The molecule has 2 N–H and O–H groups in total. The number of hydrogen-bond donors (Lipinski definition) is 2. The first-order valence-corrected chi connectivity index (χ1v) is 4.72. The van der Waals surface area contributed by atoms with Crippen molar-refractivity contribution in [3.8, 4) is 0 Å². The predicted octanol–water partition coefficient (Wildman–Crippen LogP) is 2.83. The van der Waals surface area contributed by atoms with Gasteiger partial charge in [0.2, 0.25) is 0 Å². The van der Waals surface area contributed by atoms with Gasteiger partial charge in [0, 0.05) is 5.57 Å². The molecule has 0 aromatic rings. The third kappa shape index (κ3) is 1.44. The molecule has 13 heavy (non-hydrogen) atoms. The molecule has 70 valence electrons. The third-order valence-corrected chi connectivity index (χ3v) is 2.57. The number of rotatable bonds is 1. The highest BCUT2D eigenvalue weighted by Crippen LogP contribution is 2.33. The minimum Gasteiger partial charge on any atom is -0.298 e. The summed E-state index contributed by atoms with van der Waals surface area (Å²) in [6.07, 6.45) is 1.55. The molecule has 1 aliphatic carbocycles. The molecule has 2 nitrogen and oxygen atoms in total. The van der Waals surface area contributed by atoms with E-state index in [1.54, 1.807) is 6.26 Å². The largest absolute Gasteiger partial charge is 0.298 e. The fourth-order valence-electron chi connectivity index (χ4n) is 0.976. The van der Waals surface area contributed by atoms with Crippen LogP contribution in [0.4, 0.5) is 8.78 Å². The van der Waals surface area contributed by atoms with Crippen molar-refractivity contribution in [1.82, 2.24) is 0 Å². The van der Waals surface area contributed by atoms with Crippen LogP contribution >= 0.6 is 11.8 Å². The molecule has 0 aromatic carbocycles. The van der Waals surface area contributed by atoms with Gasteiger partial charge in [0.05, 0.1) is 16.3 Å². The summed E-state index contributed by atoms with van der Waals surface area (Å²) in [6.45, 7) is 1.29. The van der Waals surface area contributed by atoms with Crippen LogP contribution in [0.1, 0.15) is 6.92 Å². The summed E-state index contributed by atoms with van der Waals surface area (Å²) in [5.74, 6) is -2.05. The lowest BCUT2D eigenvalue weighted by Crippen LogP contribution is -2.20. The van der Waals surface area contributed by atoms with E-state index in [0.29, 0.717) is 0 Å². The first-order valence-electron chi connectivity index (χ1n) is 3.49. The SMILES string of the molecule is CSC1=C(F)C(F)=C(C)C(=N)C1=N. The normalized spacial score (nSPS) is 18.8. The number of nitrogens with one attached hydrogen (secondary N) is 2. The molecule has 0 atom stereocenters. The summed E-state index contributed by atoms with van der Waals surface area (Å²) in [7, 11) is 0. The minimum atomic E-state index is -1.02. The third-order valence-electron chi connectivity index (χ3n) is 1.78. The molecular weight excluding hydrogens is 194 g/mol. The van der Waals surface area contributed by atoms with Crippen LogP contribution < -0.4 is 0 Å². The molecule has 0 saturated heterocycles. The van der Waals surface area contributed by atoms with Gasteiger partial charge < -0.3 is 0 Å². The van der Waals surface area contributed by atoms with Crippen LogP contribution in [0.3, 0.4) is 0 Å².